The molecule has 17 atom stereocenters. The molecule has 0 amide bonds. The Morgan fingerprint density at radius 3 is 2.28 bits per heavy atom. The molecule has 0 aliphatic carbocycles. The van der Waals surface area contributed by atoms with Gasteiger partial charge in [0.2, 0.25) is 0 Å². The Bertz CT molecular complexity index is 1020. The van der Waals surface area contributed by atoms with Gasteiger partial charge in [-0.1, -0.05) is 34.6 Å². The molecule has 12 heteroatoms. The van der Waals surface area contributed by atoms with E-state index in [0.717, 1.165) is 17.9 Å². The van der Waals surface area contributed by atoms with Crippen molar-refractivity contribution in [3.8, 4) is 0 Å². The van der Waals surface area contributed by atoms with Gasteiger partial charge in [0.25, 0.3) is 0 Å². The summed E-state index contributed by atoms with van der Waals surface area (Å²) in [6.07, 6.45) is -3.17. The molecule has 0 spiro atoms. The molecule has 50 heavy (non-hydrogen) atoms. The largest absolute Gasteiger partial charge is 0.459 e. The van der Waals surface area contributed by atoms with Crippen molar-refractivity contribution in [3.63, 3.8) is 0 Å². The third-order valence-corrected chi connectivity index (χ3v) is 12.8. The maximum Gasteiger partial charge on any atom is 0.311 e. The van der Waals surface area contributed by atoms with Gasteiger partial charge in [-0.05, 0) is 109 Å². The van der Waals surface area contributed by atoms with E-state index < -0.39 is 78.1 Å². The predicted octanol–water partition coefficient (Wildman–Crippen LogP) is 4.65. The molecule has 0 bridgehead atoms. The van der Waals surface area contributed by atoms with Crippen molar-refractivity contribution in [1.29, 1.82) is 0 Å². The molecule has 0 aromatic heterocycles. The van der Waals surface area contributed by atoms with Crippen LogP contribution in [-0.4, -0.2) is 117 Å². The van der Waals surface area contributed by atoms with Gasteiger partial charge in [0.15, 0.2) is 12.6 Å². The minimum atomic E-state index is -1.74. The zero-order chi connectivity index (χ0) is 37.6. The molecule has 2 unspecified atom stereocenters. The van der Waals surface area contributed by atoms with Gasteiger partial charge in [-0.25, -0.2) is 0 Å². The molecule has 3 fully saturated rings. The monoisotopic (exact) mass is 733 g/mol. The number of nitrogens with one attached hydrogen (secondary N) is 1. The summed E-state index contributed by atoms with van der Waals surface area (Å²) in [5, 5.41) is 49.5. The van der Waals surface area contributed by atoms with Crippen molar-refractivity contribution >= 4 is 17.7 Å². The van der Waals surface area contributed by atoms with E-state index in [1.54, 1.807) is 27.7 Å². The van der Waals surface area contributed by atoms with Gasteiger partial charge >= 0.3 is 5.97 Å². The average Bonchev–Trinajstić information content (AvgIpc) is 3.04. The van der Waals surface area contributed by atoms with Crippen LogP contribution in [0.2, 0.25) is 0 Å². The highest BCUT2D eigenvalue weighted by Crippen LogP contribution is 2.39. The number of thioether (sulfide) groups is 1. The van der Waals surface area contributed by atoms with E-state index in [-0.39, 0.29) is 24.5 Å². The molecule has 0 saturated carbocycles. The Hall–Kier alpha value is -0.540. The summed E-state index contributed by atoms with van der Waals surface area (Å²) >= 11 is 1.94. The molecule has 11 nitrogen and oxygen atoms in total. The van der Waals surface area contributed by atoms with Gasteiger partial charge < -0.3 is 49.4 Å². The summed E-state index contributed by atoms with van der Waals surface area (Å²) < 4.78 is 32.0. The van der Waals surface area contributed by atoms with Crippen LogP contribution in [0, 0.1) is 29.6 Å². The first-order valence-corrected chi connectivity index (χ1v) is 20.4. The molecule has 294 valence electrons. The highest BCUT2D eigenvalue weighted by atomic mass is 32.2. The van der Waals surface area contributed by atoms with Gasteiger partial charge in [-0.2, -0.15) is 11.8 Å². The standard InChI is InChI=1S/C38H71NO10S/c1-12-16-50-20-28-22(4)17-31(46-27(28)9)48-32-24(6)34(49-36-29(40)15-14-23(5)45-36)37(10,43)18-21(3)19-39-26(8)33(41)38(11,44)30(13-2)47-35(42)25(32)7/h21-34,36,39-41,43-44H,12-20H2,1-11H3/t21-,22?,23-,24+,25-,26-,27+,28?,29-,30-,31+,32+,33-,34-,36+,37-,38-/m1/s1. The van der Waals surface area contributed by atoms with Crippen LogP contribution in [0.15, 0.2) is 0 Å². The van der Waals surface area contributed by atoms with Crippen LogP contribution in [0.25, 0.3) is 0 Å². The normalized spacial score (nSPS) is 47.6. The number of hydrogen-bond donors (Lipinski definition) is 5. The van der Waals surface area contributed by atoms with E-state index >= 15 is 0 Å². The Labute approximate surface area is 306 Å². The summed E-state index contributed by atoms with van der Waals surface area (Å²) in [7, 11) is 0. The summed E-state index contributed by atoms with van der Waals surface area (Å²) in [4.78, 5) is 14.1. The van der Waals surface area contributed by atoms with Crippen LogP contribution in [0.3, 0.4) is 0 Å². The number of hydrogen-bond acceptors (Lipinski definition) is 12. The molecule has 3 aliphatic rings. The molecule has 3 aliphatic heterocycles. The number of cyclic esters (lactones) is 1. The van der Waals surface area contributed by atoms with Crippen molar-refractivity contribution in [2.24, 2.45) is 29.6 Å². The summed E-state index contributed by atoms with van der Waals surface area (Å²) in [6.45, 7) is 21.3. The second kappa shape index (κ2) is 19.2. The molecule has 3 saturated heterocycles. The lowest BCUT2D eigenvalue weighted by molar-refractivity contribution is -0.301. The second-order valence-corrected chi connectivity index (χ2v) is 17.5. The fourth-order valence-electron chi connectivity index (χ4n) is 8.25. The van der Waals surface area contributed by atoms with E-state index in [4.69, 9.17) is 23.7 Å². The number of carbonyl (C=O) groups is 1. The lowest BCUT2D eigenvalue weighted by atomic mass is 9.77. The van der Waals surface area contributed by atoms with Crippen LogP contribution in [-0.2, 0) is 28.5 Å². The van der Waals surface area contributed by atoms with E-state index in [0.29, 0.717) is 44.1 Å². The van der Waals surface area contributed by atoms with Gasteiger partial charge in [-0.15, -0.1) is 0 Å². The van der Waals surface area contributed by atoms with Gasteiger partial charge in [0, 0.05) is 18.4 Å². The molecular weight excluding hydrogens is 662 g/mol. The van der Waals surface area contributed by atoms with Crippen LogP contribution in [0.5, 0.6) is 0 Å². The molecule has 0 aromatic rings. The van der Waals surface area contributed by atoms with Crippen LogP contribution in [0.1, 0.15) is 115 Å². The Balaban J connectivity index is 2.05. The van der Waals surface area contributed by atoms with Crippen molar-refractivity contribution in [1.82, 2.24) is 5.32 Å². The summed E-state index contributed by atoms with van der Waals surface area (Å²) in [5.41, 5.74) is -3.20. The van der Waals surface area contributed by atoms with Crippen molar-refractivity contribution in [2.75, 3.05) is 18.1 Å². The fourth-order valence-corrected chi connectivity index (χ4v) is 9.58. The highest BCUT2D eigenvalue weighted by Gasteiger charge is 2.50. The van der Waals surface area contributed by atoms with E-state index in [1.165, 1.54) is 6.92 Å². The van der Waals surface area contributed by atoms with E-state index in [9.17, 15) is 25.2 Å². The topological polar surface area (TPSA) is 156 Å². The number of aliphatic hydroxyl groups excluding tert-OH is 2. The van der Waals surface area contributed by atoms with Crippen molar-refractivity contribution in [2.45, 2.75) is 187 Å². The third kappa shape index (κ3) is 11.2. The first kappa shape index (κ1) is 43.9. The fraction of sp³-hybridized carbons (Fsp3) is 0.974. The lowest BCUT2D eigenvalue weighted by Crippen LogP contribution is -2.58. The smallest absolute Gasteiger partial charge is 0.311 e. The first-order valence-electron chi connectivity index (χ1n) is 19.3. The number of carbonyl (C=O) groups excluding carboxylic acids is 1. The molecule has 5 N–H and O–H groups in total. The molecule has 3 rings (SSSR count). The van der Waals surface area contributed by atoms with Crippen LogP contribution in [0.4, 0.5) is 0 Å². The minimum absolute atomic E-state index is 0.0632. The Kier molecular flexibility index (Phi) is 16.8. The maximum atomic E-state index is 14.1. The maximum absolute atomic E-state index is 14.1. The SMILES string of the molecule is CCCSCC1C(C)C[C@H](O[C@H]2[C@H](C)[C@@H](O[C@@H]3O[C@H](C)CC[C@H]3O)[C@](C)(O)C[C@@H](C)CN[C@H](C)[C@@H](O)[C@](C)(O)[C@@H](CC)OC(=O)[C@@H]2C)O[C@H]1C. The number of aliphatic hydroxyl groups is 4. The van der Waals surface area contributed by atoms with Crippen LogP contribution >= 0.6 is 11.8 Å². The Morgan fingerprint density at radius 1 is 0.980 bits per heavy atom. The van der Waals surface area contributed by atoms with E-state index in [1.807, 2.05) is 32.5 Å². The lowest BCUT2D eigenvalue weighted by Gasteiger charge is -2.46. The third-order valence-electron chi connectivity index (χ3n) is 11.4. The quantitative estimate of drug-likeness (QED) is 0.166. The van der Waals surface area contributed by atoms with Crippen LogP contribution < -0.4 is 5.32 Å². The average molecular weight is 734 g/mol. The van der Waals surface area contributed by atoms with Crippen molar-refractivity contribution in [3.05, 3.63) is 0 Å². The second-order valence-electron chi connectivity index (χ2n) is 16.4. The van der Waals surface area contributed by atoms with E-state index in [2.05, 4.69) is 26.1 Å². The minimum Gasteiger partial charge on any atom is -0.459 e. The summed E-state index contributed by atoms with van der Waals surface area (Å²) in [5.74, 6) is 0.597. The van der Waals surface area contributed by atoms with Gasteiger partial charge in [0.1, 0.15) is 23.9 Å². The molecule has 3 heterocycles. The molecule has 0 aromatic carbocycles. The predicted molar refractivity (Wildman–Crippen MR) is 196 cm³/mol. The number of rotatable bonds is 9. The zero-order valence-electron chi connectivity index (χ0n) is 32.7. The first-order chi connectivity index (χ1) is 23.3. The molecular formula is C38H71NO10S. The zero-order valence-corrected chi connectivity index (χ0v) is 33.5. The number of ether oxygens (including phenoxy) is 5. The van der Waals surface area contributed by atoms with Gasteiger partial charge in [-0.3, -0.25) is 4.79 Å². The Morgan fingerprint density at radius 2 is 1.66 bits per heavy atom. The van der Waals surface area contributed by atoms with Crippen molar-refractivity contribution < 1.29 is 48.9 Å². The van der Waals surface area contributed by atoms with Gasteiger partial charge in [0.05, 0.1) is 35.9 Å². The highest BCUT2D eigenvalue weighted by molar-refractivity contribution is 7.99. The summed E-state index contributed by atoms with van der Waals surface area (Å²) in [6, 6.07) is -0.543. The number of esters is 1. The molecule has 0 radical (unpaired) electrons.